The molecule has 0 spiro atoms. The maximum absolute atomic E-state index is 12.2. The normalized spacial score (nSPS) is 24.3. The van der Waals surface area contributed by atoms with Gasteiger partial charge in [-0.3, -0.25) is 9.59 Å². The van der Waals surface area contributed by atoms with E-state index in [-0.39, 0.29) is 17.7 Å². The van der Waals surface area contributed by atoms with Gasteiger partial charge in [0.25, 0.3) is 0 Å². The summed E-state index contributed by atoms with van der Waals surface area (Å²) in [4.78, 5) is 23.1. The number of nitrogens with two attached hydrogens (primary N) is 1. The van der Waals surface area contributed by atoms with Crippen molar-refractivity contribution in [2.45, 2.75) is 63.3 Å². The molecule has 0 unspecified atom stereocenters. The summed E-state index contributed by atoms with van der Waals surface area (Å²) >= 11 is 0. The SMILES string of the molecule is NC1(C(=O)NCC2(CC(=O)O)CCC2)CCCCC1. The zero-order chi connectivity index (χ0) is 13.9. The molecular weight excluding hydrogens is 244 g/mol. The monoisotopic (exact) mass is 268 g/mol. The van der Waals surface area contributed by atoms with Gasteiger partial charge in [0.05, 0.1) is 12.0 Å². The first-order valence-corrected chi connectivity index (χ1v) is 7.25. The zero-order valence-electron chi connectivity index (χ0n) is 11.4. The van der Waals surface area contributed by atoms with Crippen molar-refractivity contribution >= 4 is 11.9 Å². The molecular formula is C14H24N2O3. The Morgan fingerprint density at radius 2 is 1.68 bits per heavy atom. The van der Waals surface area contributed by atoms with Gasteiger partial charge in [-0.25, -0.2) is 0 Å². The molecule has 2 fully saturated rings. The van der Waals surface area contributed by atoms with Crippen LogP contribution in [0.15, 0.2) is 0 Å². The highest BCUT2D eigenvalue weighted by atomic mass is 16.4. The topological polar surface area (TPSA) is 92.4 Å². The number of hydrogen-bond acceptors (Lipinski definition) is 3. The molecule has 19 heavy (non-hydrogen) atoms. The van der Waals surface area contributed by atoms with Crippen LogP contribution in [0.1, 0.15) is 57.8 Å². The summed E-state index contributed by atoms with van der Waals surface area (Å²) in [5.41, 5.74) is 5.20. The summed E-state index contributed by atoms with van der Waals surface area (Å²) in [7, 11) is 0. The van der Waals surface area contributed by atoms with E-state index in [1.54, 1.807) is 0 Å². The molecule has 0 aromatic carbocycles. The Hall–Kier alpha value is -1.10. The van der Waals surface area contributed by atoms with Crippen LogP contribution in [0, 0.1) is 5.41 Å². The number of carboxylic acid groups (broad SMARTS) is 1. The molecule has 5 heteroatoms. The lowest BCUT2D eigenvalue weighted by molar-refractivity contribution is -0.142. The summed E-state index contributed by atoms with van der Waals surface area (Å²) in [5.74, 6) is -0.877. The van der Waals surface area contributed by atoms with Crippen molar-refractivity contribution < 1.29 is 14.7 Å². The first kappa shape index (κ1) is 14.3. The number of aliphatic carboxylic acids is 1. The van der Waals surface area contributed by atoms with Gasteiger partial charge in [-0.1, -0.05) is 25.7 Å². The lowest BCUT2D eigenvalue weighted by atomic mass is 9.66. The van der Waals surface area contributed by atoms with Crippen molar-refractivity contribution in [1.82, 2.24) is 5.32 Å². The van der Waals surface area contributed by atoms with Crippen LogP contribution < -0.4 is 11.1 Å². The van der Waals surface area contributed by atoms with Gasteiger partial charge in [0.15, 0.2) is 0 Å². The quantitative estimate of drug-likeness (QED) is 0.703. The minimum Gasteiger partial charge on any atom is -0.481 e. The average molecular weight is 268 g/mol. The molecule has 0 heterocycles. The van der Waals surface area contributed by atoms with E-state index in [0.29, 0.717) is 6.54 Å². The average Bonchev–Trinajstić information content (AvgIpc) is 2.32. The molecule has 4 N–H and O–H groups in total. The summed E-state index contributed by atoms with van der Waals surface area (Å²) in [6.45, 7) is 0.455. The largest absolute Gasteiger partial charge is 0.481 e. The van der Waals surface area contributed by atoms with Crippen LogP contribution in [-0.4, -0.2) is 29.1 Å². The van der Waals surface area contributed by atoms with Crippen molar-refractivity contribution in [3.05, 3.63) is 0 Å². The van der Waals surface area contributed by atoms with Crippen LogP contribution in [0.4, 0.5) is 0 Å². The molecule has 0 aromatic heterocycles. The maximum Gasteiger partial charge on any atom is 0.303 e. The van der Waals surface area contributed by atoms with Crippen molar-refractivity contribution in [1.29, 1.82) is 0 Å². The minimum absolute atomic E-state index is 0.0936. The predicted molar refractivity (Wildman–Crippen MR) is 71.5 cm³/mol. The Morgan fingerprint density at radius 3 is 2.16 bits per heavy atom. The van der Waals surface area contributed by atoms with Crippen LogP contribution in [0.3, 0.4) is 0 Å². The Balaban J connectivity index is 1.87. The molecule has 1 amide bonds. The van der Waals surface area contributed by atoms with E-state index in [4.69, 9.17) is 10.8 Å². The minimum atomic E-state index is -0.783. The van der Waals surface area contributed by atoms with E-state index in [9.17, 15) is 9.59 Å². The Morgan fingerprint density at radius 1 is 1.05 bits per heavy atom. The Labute approximate surface area is 113 Å². The highest BCUT2D eigenvalue weighted by Crippen LogP contribution is 2.43. The van der Waals surface area contributed by atoms with Crippen LogP contribution in [0.2, 0.25) is 0 Å². The van der Waals surface area contributed by atoms with Crippen LogP contribution in [-0.2, 0) is 9.59 Å². The van der Waals surface area contributed by atoms with Crippen molar-refractivity contribution in [3.8, 4) is 0 Å². The van der Waals surface area contributed by atoms with Crippen LogP contribution in [0.5, 0.6) is 0 Å². The number of hydrogen-bond donors (Lipinski definition) is 3. The van der Waals surface area contributed by atoms with Gasteiger partial charge >= 0.3 is 5.97 Å². The first-order chi connectivity index (χ1) is 8.96. The lowest BCUT2D eigenvalue weighted by Crippen LogP contribution is -2.57. The number of carbonyl (C=O) groups excluding carboxylic acids is 1. The second kappa shape index (κ2) is 5.49. The number of carboxylic acids is 1. The first-order valence-electron chi connectivity index (χ1n) is 7.25. The van der Waals surface area contributed by atoms with Gasteiger partial charge in [0.1, 0.15) is 0 Å². The number of nitrogens with one attached hydrogen (secondary N) is 1. The van der Waals surface area contributed by atoms with E-state index >= 15 is 0 Å². The molecule has 2 rings (SSSR count). The zero-order valence-corrected chi connectivity index (χ0v) is 11.4. The van der Waals surface area contributed by atoms with E-state index in [2.05, 4.69) is 5.32 Å². The van der Waals surface area contributed by atoms with Crippen LogP contribution >= 0.6 is 0 Å². The summed E-state index contributed by atoms with van der Waals surface area (Å²) in [6.07, 6.45) is 7.61. The highest BCUT2D eigenvalue weighted by molar-refractivity contribution is 5.86. The lowest BCUT2D eigenvalue weighted by Gasteiger charge is -2.42. The predicted octanol–water partition coefficient (Wildman–Crippen LogP) is 1.41. The molecule has 5 nitrogen and oxygen atoms in total. The molecule has 108 valence electrons. The Kier molecular flexibility index (Phi) is 4.13. The fourth-order valence-electron chi connectivity index (χ4n) is 3.27. The molecule has 0 radical (unpaired) electrons. The van der Waals surface area contributed by atoms with E-state index < -0.39 is 11.5 Å². The number of carbonyl (C=O) groups is 2. The van der Waals surface area contributed by atoms with E-state index in [1.165, 1.54) is 0 Å². The van der Waals surface area contributed by atoms with Gasteiger partial charge in [-0.15, -0.1) is 0 Å². The molecule has 0 saturated heterocycles. The highest BCUT2D eigenvalue weighted by Gasteiger charge is 2.41. The standard InChI is InChI=1S/C14H24N2O3/c15-14(7-2-1-3-8-14)12(19)16-10-13(5-4-6-13)9-11(17)18/h1-10,15H2,(H,16,19)(H,17,18). The third-order valence-electron chi connectivity index (χ3n) is 4.76. The van der Waals surface area contributed by atoms with Gasteiger partial charge in [0.2, 0.25) is 5.91 Å². The summed E-state index contributed by atoms with van der Waals surface area (Å²) in [5, 5.41) is 11.9. The molecule has 0 aliphatic heterocycles. The number of rotatable bonds is 5. The summed E-state index contributed by atoms with van der Waals surface area (Å²) < 4.78 is 0. The molecule has 2 saturated carbocycles. The van der Waals surface area contributed by atoms with E-state index in [0.717, 1.165) is 51.4 Å². The second-order valence-electron chi connectivity index (χ2n) is 6.32. The van der Waals surface area contributed by atoms with Gasteiger partial charge in [-0.05, 0) is 31.1 Å². The molecule has 0 aromatic rings. The smallest absolute Gasteiger partial charge is 0.303 e. The van der Waals surface area contributed by atoms with Crippen LogP contribution in [0.25, 0.3) is 0 Å². The molecule has 0 bridgehead atoms. The second-order valence-corrected chi connectivity index (χ2v) is 6.32. The van der Waals surface area contributed by atoms with E-state index in [1.807, 2.05) is 0 Å². The van der Waals surface area contributed by atoms with Crippen molar-refractivity contribution in [2.75, 3.05) is 6.54 Å². The fraction of sp³-hybridized carbons (Fsp3) is 0.857. The molecule has 2 aliphatic carbocycles. The van der Waals surface area contributed by atoms with Gasteiger partial charge < -0.3 is 16.2 Å². The summed E-state index contributed by atoms with van der Waals surface area (Å²) in [6, 6.07) is 0. The van der Waals surface area contributed by atoms with Gasteiger partial charge in [0, 0.05) is 6.54 Å². The third-order valence-corrected chi connectivity index (χ3v) is 4.76. The Bertz CT molecular complexity index is 358. The van der Waals surface area contributed by atoms with Gasteiger partial charge in [-0.2, -0.15) is 0 Å². The molecule has 0 atom stereocenters. The fourth-order valence-corrected chi connectivity index (χ4v) is 3.27. The maximum atomic E-state index is 12.2. The molecule has 2 aliphatic rings. The van der Waals surface area contributed by atoms with Crippen molar-refractivity contribution in [2.24, 2.45) is 11.1 Å². The van der Waals surface area contributed by atoms with Crippen molar-refractivity contribution in [3.63, 3.8) is 0 Å². The third kappa shape index (κ3) is 3.26. The number of amides is 1.